The van der Waals surface area contributed by atoms with E-state index in [1.807, 2.05) is 0 Å². The van der Waals surface area contributed by atoms with Gasteiger partial charge in [-0.3, -0.25) is 9.59 Å². The van der Waals surface area contributed by atoms with Gasteiger partial charge in [0.2, 0.25) is 0 Å². The van der Waals surface area contributed by atoms with E-state index in [0.29, 0.717) is 60.1 Å². The summed E-state index contributed by atoms with van der Waals surface area (Å²) in [5, 5.41) is 11.1. The van der Waals surface area contributed by atoms with Crippen molar-refractivity contribution in [3.63, 3.8) is 0 Å². The van der Waals surface area contributed by atoms with Gasteiger partial charge in [-0.2, -0.15) is 0 Å². The fourth-order valence-electron chi connectivity index (χ4n) is 8.71. The maximum Gasteiger partial charge on any atom is 0.305 e. The van der Waals surface area contributed by atoms with Crippen molar-refractivity contribution >= 4 is 11.8 Å². The standard InChI is InChI=1S/C25H40O4/c1-15(5-8-23(28)29-4)18-6-7-19-17-14-22(27)21-13-16(26)9-11-25(21,3)20(17)10-12-24(18,19)2/h15,17-22,27H,5-14H2,1-4H3/t15-,17+,18-,19+,20+,21?,22+,24-,25-/m1/s1. The van der Waals surface area contributed by atoms with Gasteiger partial charge in [-0.15, -0.1) is 0 Å². The van der Waals surface area contributed by atoms with Crippen LogP contribution < -0.4 is 0 Å². The van der Waals surface area contributed by atoms with Crippen molar-refractivity contribution in [3.8, 4) is 0 Å². The minimum atomic E-state index is -0.316. The number of fused-ring (bicyclic) bond motifs is 5. The predicted octanol–water partition coefficient (Wildman–Crippen LogP) is 4.77. The predicted molar refractivity (Wildman–Crippen MR) is 112 cm³/mol. The molecule has 1 N–H and O–H groups in total. The molecule has 4 aliphatic rings. The summed E-state index contributed by atoms with van der Waals surface area (Å²) in [6.45, 7) is 7.22. The third-order valence-corrected chi connectivity index (χ3v) is 10.3. The maximum atomic E-state index is 12.1. The Morgan fingerprint density at radius 2 is 1.86 bits per heavy atom. The minimum Gasteiger partial charge on any atom is -0.469 e. The molecule has 0 heterocycles. The van der Waals surface area contributed by atoms with Crippen molar-refractivity contribution in [3.05, 3.63) is 0 Å². The van der Waals surface area contributed by atoms with Crippen molar-refractivity contribution in [2.24, 2.45) is 46.3 Å². The van der Waals surface area contributed by atoms with E-state index in [2.05, 4.69) is 20.8 Å². The molecule has 4 rings (SSSR count). The SMILES string of the molecule is COC(=O)CC[C@@H](C)[C@H]1CC[C@H]2[C@@H]3C[C@H](O)C4CC(=O)CC[C@]4(C)[C@H]3CC[C@]12C. The quantitative estimate of drug-likeness (QED) is 0.685. The number of aliphatic hydroxyl groups is 1. The average Bonchev–Trinajstić information content (AvgIpc) is 3.05. The zero-order valence-corrected chi connectivity index (χ0v) is 18.8. The van der Waals surface area contributed by atoms with Crippen LogP contribution in [-0.2, 0) is 14.3 Å². The number of Topliss-reactive ketones (excluding diaryl/α,β-unsaturated/α-hetero) is 1. The van der Waals surface area contributed by atoms with E-state index in [0.717, 1.165) is 19.3 Å². The fourth-order valence-corrected chi connectivity index (χ4v) is 8.71. The summed E-state index contributed by atoms with van der Waals surface area (Å²) < 4.78 is 4.86. The van der Waals surface area contributed by atoms with Crippen molar-refractivity contribution in [1.29, 1.82) is 0 Å². The van der Waals surface area contributed by atoms with E-state index in [-0.39, 0.29) is 23.4 Å². The number of hydrogen-bond donors (Lipinski definition) is 1. The minimum absolute atomic E-state index is 0.0959. The van der Waals surface area contributed by atoms with Crippen LogP contribution in [0.5, 0.6) is 0 Å². The number of carbonyl (C=O) groups excluding carboxylic acids is 2. The molecule has 4 heteroatoms. The number of esters is 1. The van der Waals surface area contributed by atoms with Gasteiger partial charge >= 0.3 is 5.97 Å². The summed E-state index contributed by atoms with van der Waals surface area (Å²) in [5.41, 5.74) is 0.455. The molecule has 4 saturated carbocycles. The molecule has 0 bridgehead atoms. The van der Waals surface area contributed by atoms with E-state index in [1.165, 1.54) is 32.8 Å². The highest BCUT2D eigenvalue weighted by molar-refractivity contribution is 5.79. The first-order chi connectivity index (χ1) is 13.7. The molecule has 4 fully saturated rings. The van der Waals surface area contributed by atoms with Crippen molar-refractivity contribution in [2.45, 2.75) is 91.1 Å². The van der Waals surface area contributed by atoms with Crippen LogP contribution in [0.15, 0.2) is 0 Å². The summed E-state index contributed by atoms with van der Waals surface area (Å²) >= 11 is 0. The largest absolute Gasteiger partial charge is 0.469 e. The first kappa shape index (κ1) is 21.3. The van der Waals surface area contributed by atoms with E-state index < -0.39 is 0 Å². The molecular weight excluding hydrogens is 364 g/mol. The first-order valence-electron chi connectivity index (χ1n) is 12.0. The van der Waals surface area contributed by atoms with Gasteiger partial charge in [0.1, 0.15) is 5.78 Å². The second-order valence-electron chi connectivity index (χ2n) is 11.4. The van der Waals surface area contributed by atoms with E-state index in [4.69, 9.17) is 4.74 Å². The number of aliphatic hydroxyl groups excluding tert-OH is 1. The summed E-state index contributed by atoms with van der Waals surface area (Å²) in [6, 6.07) is 0. The third kappa shape index (κ3) is 3.38. The lowest BCUT2D eigenvalue weighted by atomic mass is 9.44. The van der Waals surface area contributed by atoms with Gasteiger partial charge < -0.3 is 9.84 Å². The Morgan fingerprint density at radius 1 is 1.14 bits per heavy atom. The van der Waals surface area contributed by atoms with Crippen LogP contribution in [0.2, 0.25) is 0 Å². The van der Waals surface area contributed by atoms with Gasteiger partial charge in [-0.25, -0.2) is 0 Å². The summed E-state index contributed by atoms with van der Waals surface area (Å²) in [7, 11) is 1.47. The molecule has 29 heavy (non-hydrogen) atoms. The molecule has 164 valence electrons. The molecule has 1 unspecified atom stereocenters. The lowest BCUT2D eigenvalue weighted by Gasteiger charge is -2.61. The van der Waals surface area contributed by atoms with Crippen molar-refractivity contribution < 1.29 is 19.4 Å². The fraction of sp³-hybridized carbons (Fsp3) is 0.920. The molecule has 4 nitrogen and oxygen atoms in total. The van der Waals surface area contributed by atoms with Crippen molar-refractivity contribution in [2.75, 3.05) is 7.11 Å². The van der Waals surface area contributed by atoms with Gasteiger partial charge in [0.05, 0.1) is 13.2 Å². The molecule has 0 aliphatic heterocycles. The van der Waals surface area contributed by atoms with Crippen LogP contribution in [0.25, 0.3) is 0 Å². The number of ketones is 1. The van der Waals surface area contributed by atoms with Gasteiger partial charge in [0.25, 0.3) is 0 Å². The molecular formula is C25H40O4. The summed E-state index contributed by atoms with van der Waals surface area (Å²) in [5.74, 6) is 3.55. The normalized spacial score (nSPS) is 47.7. The van der Waals surface area contributed by atoms with Crippen LogP contribution in [0.3, 0.4) is 0 Å². The number of rotatable bonds is 4. The molecule has 0 spiro atoms. The van der Waals surface area contributed by atoms with Gasteiger partial charge in [-0.05, 0) is 91.3 Å². The number of hydrogen-bond acceptors (Lipinski definition) is 4. The van der Waals surface area contributed by atoms with Crippen LogP contribution in [0.4, 0.5) is 0 Å². The second-order valence-corrected chi connectivity index (χ2v) is 11.4. The molecule has 0 saturated heterocycles. The highest BCUT2D eigenvalue weighted by Gasteiger charge is 2.62. The van der Waals surface area contributed by atoms with Crippen LogP contribution in [0, 0.1) is 46.3 Å². The third-order valence-electron chi connectivity index (χ3n) is 10.3. The Kier molecular flexibility index (Phi) is 5.63. The maximum absolute atomic E-state index is 12.1. The molecule has 0 aromatic carbocycles. The van der Waals surface area contributed by atoms with Crippen LogP contribution in [0.1, 0.15) is 85.0 Å². The molecule has 0 aromatic heterocycles. The molecule has 0 radical (unpaired) electrons. The monoisotopic (exact) mass is 404 g/mol. The number of ether oxygens (including phenoxy) is 1. The van der Waals surface area contributed by atoms with Gasteiger partial charge in [0, 0.05) is 19.3 Å². The highest BCUT2D eigenvalue weighted by Crippen LogP contribution is 2.68. The number of methoxy groups -OCH3 is 1. The Bertz CT molecular complexity index is 659. The molecule has 9 atom stereocenters. The summed E-state index contributed by atoms with van der Waals surface area (Å²) in [4.78, 5) is 23.7. The molecule has 0 aromatic rings. The van der Waals surface area contributed by atoms with E-state index >= 15 is 0 Å². The number of carbonyl (C=O) groups is 2. The first-order valence-corrected chi connectivity index (χ1v) is 12.0. The zero-order chi connectivity index (χ0) is 21.0. The molecule has 4 aliphatic carbocycles. The Hall–Kier alpha value is -0.900. The van der Waals surface area contributed by atoms with Crippen LogP contribution in [-0.4, -0.2) is 30.1 Å². The van der Waals surface area contributed by atoms with Gasteiger partial charge in [0.15, 0.2) is 0 Å². The van der Waals surface area contributed by atoms with E-state index in [1.54, 1.807) is 0 Å². The Labute approximate surface area is 176 Å². The lowest BCUT2D eigenvalue weighted by molar-refractivity contribution is -0.166. The van der Waals surface area contributed by atoms with E-state index in [9.17, 15) is 14.7 Å². The zero-order valence-electron chi connectivity index (χ0n) is 18.8. The second kappa shape index (κ2) is 7.66. The Morgan fingerprint density at radius 3 is 2.59 bits per heavy atom. The summed E-state index contributed by atoms with van der Waals surface area (Å²) in [6.07, 6.45) is 9.30. The molecule has 0 amide bonds. The van der Waals surface area contributed by atoms with Gasteiger partial charge in [-0.1, -0.05) is 20.8 Å². The topological polar surface area (TPSA) is 63.6 Å². The lowest BCUT2D eigenvalue weighted by Crippen LogP contribution is -2.58. The average molecular weight is 405 g/mol. The van der Waals surface area contributed by atoms with Crippen molar-refractivity contribution in [1.82, 2.24) is 0 Å². The van der Waals surface area contributed by atoms with Crippen LogP contribution >= 0.6 is 0 Å². The Balaban J connectivity index is 1.52. The smallest absolute Gasteiger partial charge is 0.305 e. The highest BCUT2D eigenvalue weighted by atomic mass is 16.5.